The Bertz CT molecular complexity index is 447. The van der Waals surface area contributed by atoms with E-state index in [4.69, 9.17) is 4.74 Å². The number of allylic oxidation sites excluding steroid dienone is 4. The van der Waals surface area contributed by atoms with Crippen LogP contribution in [0.4, 0.5) is 0 Å². The monoisotopic (exact) mass is 386 g/mol. The molecule has 0 aromatic heterocycles. The molecule has 0 amide bonds. The summed E-state index contributed by atoms with van der Waals surface area (Å²) in [5.41, 5.74) is -2.26. The summed E-state index contributed by atoms with van der Waals surface area (Å²) in [6.45, 7) is 17.6. The van der Waals surface area contributed by atoms with Crippen molar-refractivity contribution in [2.75, 3.05) is 0 Å². The van der Waals surface area contributed by atoms with Crippen LogP contribution in [0.2, 0.25) is 0 Å². The Balaban J connectivity index is 6.31. The van der Waals surface area contributed by atoms with Gasteiger partial charge in [0.2, 0.25) is 0 Å². The fourth-order valence-electron chi connectivity index (χ4n) is 3.50. The zero-order chi connectivity index (χ0) is 21.5. The van der Waals surface area contributed by atoms with Crippen LogP contribution in [-0.4, -0.2) is 54.8 Å². The molecule has 0 aromatic rings. The summed E-state index contributed by atoms with van der Waals surface area (Å²) in [4.78, 5) is 0. The van der Waals surface area contributed by atoms with E-state index in [9.17, 15) is 30.6 Å². The van der Waals surface area contributed by atoms with Crippen LogP contribution in [0.5, 0.6) is 0 Å². The van der Waals surface area contributed by atoms with Gasteiger partial charge in [0.1, 0.15) is 12.2 Å². The molecule has 0 aliphatic heterocycles. The van der Waals surface area contributed by atoms with Gasteiger partial charge in [0.25, 0.3) is 0 Å². The molecule has 7 nitrogen and oxygen atoms in total. The lowest BCUT2D eigenvalue weighted by molar-refractivity contribution is -0.431. The zero-order valence-corrected chi connectivity index (χ0v) is 16.2. The first-order chi connectivity index (χ1) is 12.2. The lowest BCUT2D eigenvalue weighted by atomic mass is 9.74. The number of aliphatic hydroxyl groups is 6. The second-order valence-corrected chi connectivity index (χ2v) is 7.55. The Morgan fingerprint density at radius 2 is 0.852 bits per heavy atom. The highest BCUT2D eigenvalue weighted by atomic mass is 16.7. The van der Waals surface area contributed by atoms with Gasteiger partial charge in [-0.25, -0.2) is 0 Å². The summed E-state index contributed by atoms with van der Waals surface area (Å²) >= 11 is 0. The fourth-order valence-corrected chi connectivity index (χ4v) is 3.50. The topological polar surface area (TPSA) is 131 Å². The van der Waals surface area contributed by atoms with Crippen molar-refractivity contribution >= 4 is 0 Å². The first-order valence-electron chi connectivity index (χ1n) is 8.65. The Morgan fingerprint density at radius 3 is 1.00 bits per heavy atom. The van der Waals surface area contributed by atoms with Crippen LogP contribution < -0.4 is 0 Å². The first kappa shape index (κ1) is 25.7. The van der Waals surface area contributed by atoms with Gasteiger partial charge >= 0.3 is 11.9 Å². The van der Waals surface area contributed by atoms with Gasteiger partial charge in [-0.2, -0.15) is 0 Å². The highest BCUT2D eigenvalue weighted by molar-refractivity contribution is 5.01. The molecule has 2 unspecified atom stereocenters. The summed E-state index contributed by atoms with van der Waals surface area (Å²) < 4.78 is 5.63. The minimum Gasteiger partial charge on any atom is -0.357 e. The largest absolute Gasteiger partial charge is 0.357 e. The number of rotatable bonds is 14. The van der Waals surface area contributed by atoms with E-state index in [1.807, 2.05) is 0 Å². The molecule has 0 rings (SSSR count). The third kappa shape index (κ3) is 6.97. The van der Waals surface area contributed by atoms with E-state index < -0.39 is 35.0 Å². The average molecular weight is 386 g/mol. The average Bonchev–Trinajstić information content (AvgIpc) is 2.45. The quantitative estimate of drug-likeness (QED) is 0.196. The summed E-state index contributed by atoms with van der Waals surface area (Å²) in [5, 5.41) is 59.6. The van der Waals surface area contributed by atoms with Gasteiger partial charge in [-0.05, 0) is 25.7 Å². The lowest BCUT2D eigenvalue weighted by Gasteiger charge is -2.47. The second-order valence-electron chi connectivity index (χ2n) is 7.55. The van der Waals surface area contributed by atoms with Crippen LogP contribution in [0.15, 0.2) is 50.6 Å². The summed E-state index contributed by atoms with van der Waals surface area (Å²) in [7, 11) is 0. The standard InChI is InChI=1S/C20H34O7/c1-7-11-17(5,12-8-2)15(19(21,22)23)27-16(20(24,25)26)18(6,13-9-3)14-10-4/h7-10,15-16,21-26H,1-4,11-14H2,5-6H3. The van der Waals surface area contributed by atoms with Gasteiger partial charge in [0.05, 0.1) is 0 Å². The molecule has 156 valence electrons. The molecule has 0 saturated heterocycles. The van der Waals surface area contributed by atoms with E-state index in [-0.39, 0.29) is 25.7 Å². The normalized spacial score (nSPS) is 15.7. The number of ether oxygens (including phenoxy) is 1. The van der Waals surface area contributed by atoms with Gasteiger partial charge in [-0.15, -0.1) is 26.3 Å². The van der Waals surface area contributed by atoms with Crippen molar-refractivity contribution in [3.05, 3.63) is 50.6 Å². The van der Waals surface area contributed by atoms with Gasteiger partial charge in [0.15, 0.2) is 0 Å². The van der Waals surface area contributed by atoms with E-state index in [1.165, 1.54) is 24.3 Å². The summed E-state index contributed by atoms with van der Waals surface area (Å²) in [5.74, 6) is -6.68. The van der Waals surface area contributed by atoms with Crippen molar-refractivity contribution in [3.8, 4) is 0 Å². The van der Waals surface area contributed by atoms with Gasteiger partial charge < -0.3 is 35.4 Å². The van der Waals surface area contributed by atoms with Crippen LogP contribution >= 0.6 is 0 Å². The molecule has 0 spiro atoms. The van der Waals surface area contributed by atoms with Crippen LogP contribution in [0.1, 0.15) is 39.5 Å². The predicted molar refractivity (Wildman–Crippen MR) is 103 cm³/mol. The second kappa shape index (κ2) is 9.75. The van der Waals surface area contributed by atoms with Crippen molar-refractivity contribution < 1.29 is 35.4 Å². The van der Waals surface area contributed by atoms with Crippen molar-refractivity contribution in [2.24, 2.45) is 10.8 Å². The smallest absolute Gasteiger partial charge is 0.303 e. The van der Waals surface area contributed by atoms with Gasteiger partial charge in [-0.3, -0.25) is 0 Å². The summed E-state index contributed by atoms with van der Waals surface area (Å²) in [6, 6.07) is 0. The molecule has 0 aliphatic rings. The molecule has 0 aliphatic carbocycles. The predicted octanol–water partition coefficient (Wildman–Crippen LogP) is 1.32. The van der Waals surface area contributed by atoms with Crippen LogP contribution in [-0.2, 0) is 4.74 Å². The minimum atomic E-state index is -3.34. The number of hydrogen-bond acceptors (Lipinski definition) is 7. The fraction of sp³-hybridized carbons (Fsp3) is 0.600. The molecular formula is C20H34O7. The number of hydrogen-bond donors (Lipinski definition) is 6. The zero-order valence-electron chi connectivity index (χ0n) is 16.2. The summed E-state index contributed by atoms with van der Waals surface area (Å²) in [6.07, 6.45) is 3.20. The first-order valence-corrected chi connectivity index (χ1v) is 8.65. The van der Waals surface area contributed by atoms with E-state index in [0.717, 1.165) is 0 Å². The molecule has 7 heteroatoms. The molecule has 27 heavy (non-hydrogen) atoms. The van der Waals surface area contributed by atoms with Gasteiger partial charge in [-0.1, -0.05) is 38.2 Å². The highest BCUT2D eigenvalue weighted by Crippen LogP contribution is 2.44. The molecule has 6 N–H and O–H groups in total. The SMILES string of the molecule is C=CCC(C)(CC=C)C(OC(C(O)(O)O)C(C)(CC=C)CC=C)C(O)(O)O. The van der Waals surface area contributed by atoms with Crippen molar-refractivity contribution in [2.45, 2.75) is 63.7 Å². The maximum Gasteiger partial charge on any atom is 0.303 e. The molecule has 0 saturated carbocycles. The Hall–Kier alpha value is -1.32. The molecule has 0 bridgehead atoms. The molecule has 0 radical (unpaired) electrons. The highest BCUT2D eigenvalue weighted by Gasteiger charge is 2.54. The molecule has 2 atom stereocenters. The Morgan fingerprint density at radius 1 is 0.630 bits per heavy atom. The van der Waals surface area contributed by atoms with Crippen LogP contribution in [0.25, 0.3) is 0 Å². The van der Waals surface area contributed by atoms with E-state index in [2.05, 4.69) is 26.3 Å². The van der Waals surface area contributed by atoms with Crippen LogP contribution in [0.3, 0.4) is 0 Å². The van der Waals surface area contributed by atoms with E-state index in [0.29, 0.717) is 0 Å². The van der Waals surface area contributed by atoms with E-state index >= 15 is 0 Å². The molecular weight excluding hydrogens is 352 g/mol. The van der Waals surface area contributed by atoms with Crippen molar-refractivity contribution in [1.29, 1.82) is 0 Å². The maximum absolute atomic E-state index is 9.94. The third-order valence-electron chi connectivity index (χ3n) is 4.68. The van der Waals surface area contributed by atoms with E-state index in [1.54, 1.807) is 13.8 Å². The molecule has 0 heterocycles. The minimum absolute atomic E-state index is 0.175. The van der Waals surface area contributed by atoms with Crippen molar-refractivity contribution in [1.82, 2.24) is 0 Å². The molecule has 0 aromatic carbocycles. The van der Waals surface area contributed by atoms with Gasteiger partial charge in [0, 0.05) is 10.8 Å². The van der Waals surface area contributed by atoms with Crippen LogP contribution in [0, 0.1) is 10.8 Å². The maximum atomic E-state index is 9.94. The Labute approximate surface area is 161 Å². The lowest BCUT2D eigenvalue weighted by Crippen LogP contribution is -2.61. The third-order valence-corrected chi connectivity index (χ3v) is 4.68. The molecule has 0 fully saturated rings. The Kier molecular flexibility index (Phi) is 9.27. The van der Waals surface area contributed by atoms with Crippen molar-refractivity contribution in [3.63, 3.8) is 0 Å².